The molecule has 0 saturated carbocycles. The first-order valence-corrected chi connectivity index (χ1v) is 6.59. The lowest BCUT2D eigenvalue weighted by molar-refractivity contribution is -0.119. The van der Waals surface area contributed by atoms with Crippen molar-refractivity contribution in [3.8, 4) is 0 Å². The van der Waals surface area contributed by atoms with Crippen LogP contribution in [0.2, 0.25) is 0 Å². The maximum Gasteiger partial charge on any atom is 0.250 e. The number of methoxy groups -OCH3 is 1. The average molecular weight is 300 g/mol. The van der Waals surface area contributed by atoms with Gasteiger partial charge in [0.1, 0.15) is 6.61 Å². The van der Waals surface area contributed by atoms with Gasteiger partial charge in [0.15, 0.2) is 0 Å². The number of carbonyl (C=O) groups excluding carboxylic acids is 1. The number of anilines is 1. The van der Waals surface area contributed by atoms with E-state index in [-0.39, 0.29) is 12.5 Å². The molecule has 1 unspecified atom stereocenters. The number of carbonyl (C=O) groups is 1. The van der Waals surface area contributed by atoms with E-state index in [4.69, 9.17) is 4.74 Å². The van der Waals surface area contributed by atoms with Crippen molar-refractivity contribution in [1.82, 2.24) is 0 Å². The largest absolute Gasteiger partial charge is 0.375 e. The minimum absolute atomic E-state index is 0.0844. The Kier molecular flexibility index (Phi) is 6.22. The van der Waals surface area contributed by atoms with Crippen LogP contribution in [-0.4, -0.2) is 24.5 Å². The molecule has 0 spiro atoms. The van der Waals surface area contributed by atoms with E-state index in [1.54, 1.807) is 0 Å². The van der Waals surface area contributed by atoms with E-state index < -0.39 is 0 Å². The van der Waals surface area contributed by atoms with Gasteiger partial charge >= 0.3 is 0 Å². The molecule has 0 radical (unpaired) electrons. The van der Waals surface area contributed by atoms with Crippen molar-refractivity contribution in [1.29, 1.82) is 0 Å². The van der Waals surface area contributed by atoms with Crippen molar-refractivity contribution in [2.24, 2.45) is 0 Å². The van der Waals surface area contributed by atoms with Gasteiger partial charge in [0.2, 0.25) is 5.91 Å². The zero-order chi connectivity index (χ0) is 12.7. The molecule has 1 rings (SSSR count). The number of halogens is 1. The van der Waals surface area contributed by atoms with E-state index in [1.807, 2.05) is 24.3 Å². The number of hydrogen-bond donors (Lipinski definition) is 1. The number of alkyl halides is 1. The van der Waals surface area contributed by atoms with Crippen LogP contribution in [0.3, 0.4) is 0 Å². The first kappa shape index (κ1) is 14.2. The molecule has 0 fully saturated rings. The Hall–Kier alpha value is -0.870. The second-order valence-corrected chi connectivity index (χ2v) is 5.18. The van der Waals surface area contributed by atoms with E-state index in [1.165, 1.54) is 12.7 Å². The minimum Gasteiger partial charge on any atom is -0.375 e. The molecule has 0 aliphatic carbocycles. The Bertz CT molecular complexity index is 351. The Labute approximate surface area is 111 Å². The number of rotatable bonds is 6. The third kappa shape index (κ3) is 5.33. The highest BCUT2D eigenvalue weighted by atomic mass is 79.9. The number of hydrogen-bond acceptors (Lipinski definition) is 2. The molecule has 0 aliphatic heterocycles. The van der Waals surface area contributed by atoms with Crippen molar-refractivity contribution in [3.63, 3.8) is 0 Å². The molecule has 0 bridgehead atoms. The van der Waals surface area contributed by atoms with Crippen molar-refractivity contribution >= 4 is 27.5 Å². The standard InChI is InChI=1S/C13H18BrNO2/c1-3-11(14)8-10-4-6-12(7-5-10)15-13(16)9-17-2/h4-7,11H,3,8-9H2,1-2H3,(H,15,16). The van der Waals surface area contributed by atoms with Crippen LogP contribution in [0.1, 0.15) is 18.9 Å². The van der Waals surface area contributed by atoms with Crippen molar-refractivity contribution in [3.05, 3.63) is 29.8 Å². The molecule has 1 aromatic carbocycles. The van der Waals surface area contributed by atoms with Crippen LogP contribution in [0.15, 0.2) is 24.3 Å². The van der Waals surface area contributed by atoms with Crippen molar-refractivity contribution in [2.45, 2.75) is 24.6 Å². The fourth-order valence-electron chi connectivity index (χ4n) is 1.45. The van der Waals surface area contributed by atoms with Gasteiger partial charge in [0.25, 0.3) is 0 Å². The van der Waals surface area contributed by atoms with Crippen molar-refractivity contribution < 1.29 is 9.53 Å². The summed E-state index contributed by atoms with van der Waals surface area (Å²) in [6.07, 6.45) is 2.11. The van der Waals surface area contributed by atoms with Crippen LogP contribution in [-0.2, 0) is 16.0 Å². The first-order valence-electron chi connectivity index (χ1n) is 5.67. The second-order valence-electron chi connectivity index (χ2n) is 3.89. The molecule has 1 amide bonds. The summed E-state index contributed by atoms with van der Waals surface area (Å²) in [7, 11) is 1.50. The summed E-state index contributed by atoms with van der Waals surface area (Å²) in [5.74, 6) is -0.132. The number of amides is 1. The van der Waals surface area contributed by atoms with Gasteiger partial charge in [-0.25, -0.2) is 0 Å². The lowest BCUT2D eigenvalue weighted by Crippen LogP contribution is -2.17. The van der Waals surface area contributed by atoms with Crippen LogP contribution in [0.4, 0.5) is 5.69 Å². The lowest BCUT2D eigenvalue weighted by Gasteiger charge is -2.08. The molecular formula is C13H18BrNO2. The molecule has 4 heteroatoms. The third-order valence-corrected chi connectivity index (χ3v) is 3.38. The topological polar surface area (TPSA) is 38.3 Å². The van der Waals surface area contributed by atoms with Crippen LogP contribution >= 0.6 is 15.9 Å². The highest BCUT2D eigenvalue weighted by Crippen LogP contribution is 2.15. The van der Waals surface area contributed by atoms with Crippen LogP contribution < -0.4 is 5.32 Å². The zero-order valence-electron chi connectivity index (χ0n) is 10.2. The average Bonchev–Trinajstić information content (AvgIpc) is 2.32. The van der Waals surface area contributed by atoms with Gasteiger partial charge in [-0.1, -0.05) is 35.0 Å². The predicted molar refractivity (Wildman–Crippen MR) is 73.7 cm³/mol. The quantitative estimate of drug-likeness (QED) is 0.820. The number of benzene rings is 1. The van der Waals surface area contributed by atoms with Gasteiger partial charge in [-0.3, -0.25) is 4.79 Å². The fourth-order valence-corrected chi connectivity index (χ4v) is 1.83. The monoisotopic (exact) mass is 299 g/mol. The maximum absolute atomic E-state index is 11.3. The summed E-state index contributed by atoms with van der Waals surface area (Å²) in [4.78, 5) is 11.8. The Morgan fingerprint density at radius 2 is 2.06 bits per heavy atom. The smallest absolute Gasteiger partial charge is 0.250 e. The molecular weight excluding hydrogens is 282 g/mol. The molecule has 1 atom stereocenters. The van der Waals surface area contributed by atoms with Gasteiger partial charge in [-0.05, 0) is 30.5 Å². The third-order valence-electron chi connectivity index (χ3n) is 2.41. The molecule has 17 heavy (non-hydrogen) atoms. The lowest BCUT2D eigenvalue weighted by atomic mass is 10.1. The Morgan fingerprint density at radius 3 is 2.59 bits per heavy atom. The summed E-state index contributed by atoms with van der Waals surface area (Å²) in [5.41, 5.74) is 2.07. The molecule has 0 saturated heterocycles. The SMILES string of the molecule is CCC(Br)Cc1ccc(NC(=O)COC)cc1. The van der Waals surface area contributed by atoms with Gasteiger partial charge < -0.3 is 10.1 Å². The highest BCUT2D eigenvalue weighted by molar-refractivity contribution is 9.09. The fraction of sp³-hybridized carbons (Fsp3) is 0.462. The van der Waals surface area contributed by atoms with Gasteiger partial charge in [0.05, 0.1) is 0 Å². The molecule has 94 valence electrons. The Morgan fingerprint density at radius 1 is 1.41 bits per heavy atom. The Balaban J connectivity index is 2.52. The summed E-state index contributed by atoms with van der Waals surface area (Å²) in [6, 6.07) is 7.90. The zero-order valence-corrected chi connectivity index (χ0v) is 11.8. The number of ether oxygens (including phenoxy) is 1. The maximum atomic E-state index is 11.3. The summed E-state index contributed by atoms with van der Waals surface area (Å²) >= 11 is 3.61. The normalized spacial score (nSPS) is 12.2. The highest BCUT2D eigenvalue weighted by Gasteiger charge is 2.04. The molecule has 0 heterocycles. The van der Waals surface area contributed by atoms with Crippen molar-refractivity contribution in [2.75, 3.05) is 19.0 Å². The van der Waals surface area contributed by atoms with Crippen LogP contribution in [0.25, 0.3) is 0 Å². The van der Waals surface area contributed by atoms with E-state index in [9.17, 15) is 4.79 Å². The van der Waals surface area contributed by atoms with E-state index in [2.05, 4.69) is 28.2 Å². The van der Waals surface area contributed by atoms with Crippen LogP contribution in [0.5, 0.6) is 0 Å². The van der Waals surface area contributed by atoms with E-state index in [0.717, 1.165) is 18.5 Å². The molecule has 1 N–H and O–H groups in total. The van der Waals surface area contributed by atoms with Gasteiger partial charge in [0, 0.05) is 17.6 Å². The summed E-state index contributed by atoms with van der Waals surface area (Å²) in [6.45, 7) is 2.24. The summed E-state index contributed by atoms with van der Waals surface area (Å²) < 4.78 is 4.75. The van der Waals surface area contributed by atoms with E-state index in [0.29, 0.717) is 4.83 Å². The first-order chi connectivity index (χ1) is 8.15. The molecule has 3 nitrogen and oxygen atoms in total. The minimum atomic E-state index is -0.132. The molecule has 0 aliphatic rings. The van der Waals surface area contributed by atoms with Gasteiger partial charge in [-0.15, -0.1) is 0 Å². The van der Waals surface area contributed by atoms with E-state index >= 15 is 0 Å². The van der Waals surface area contributed by atoms with Crippen LogP contribution in [0, 0.1) is 0 Å². The predicted octanol–water partition coefficient (Wildman–Crippen LogP) is 2.99. The summed E-state index contributed by atoms with van der Waals surface area (Å²) in [5, 5.41) is 2.76. The second kappa shape index (κ2) is 7.45. The molecule has 1 aromatic rings. The molecule has 0 aromatic heterocycles. The van der Waals surface area contributed by atoms with Gasteiger partial charge in [-0.2, -0.15) is 0 Å². The number of nitrogens with one attached hydrogen (secondary N) is 1.